The first kappa shape index (κ1) is 12.2. The van der Waals surface area contributed by atoms with Gasteiger partial charge in [-0.05, 0) is 35.6 Å². The van der Waals surface area contributed by atoms with E-state index in [1.54, 1.807) is 24.8 Å². The van der Waals surface area contributed by atoms with Crippen LogP contribution in [0.3, 0.4) is 0 Å². The summed E-state index contributed by atoms with van der Waals surface area (Å²) in [6.07, 6.45) is 0. The van der Waals surface area contributed by atoms with Crippen LogP contribution >= 0.6 is 12.2 Å². The van der Waals surface area contributed by atoms with Crippen LogP contribution in [0.25, 0.3) is 5.69 Å². The molecule has 0 saturated heterocycles. The van der Waals surface area contributed by atoms with Gasteiger partial charge in [0, 0.05) is 17.8 Å². The second-order valence-corrected chi connectivity index (χ2v) is 3.99. The van der Waals surface area contributed by atoms with Gasteiger partial charge in [-0.1, -0.05) is 0 Å². The van der Waals surface area contributed by atoms with Gasteiger partial charge in [0.2, 0.25) is 0 Å². The van der Waals surface area contributed by atoms with Crippen LogP contribution in [0.1, 0.15) is 5.82 Å². The van der Waals surface area contributed by atoms with Gasteiger partial charge in [0.15, 0.2) is 10.9 Å². The van der Waals surface area contributed by atoms with E-state index in [0.29, 0.717) is 17.3 Å². The molecule has 94 valence electrons. The molecule has 0 atom stereocenters. The number of nitrogens with zero attached hydrogens (tertiary/aromatic N) is 4. The highest BCUT2D eigenvalue weighted by Gasteiger charge is 2.07. The van der Waals surface area contributed by atoms with Crippen molar-refractivity contribution in [2.75, 3.05) is 12.4 Å². The Balaban J connectivity index is 2.47. The molecule has 8 heteroatoms. The maximum Gasteiger partial charge on any atom is 0.168 e. The van der Waals surface area contributed by atoms with E-state index < -0.39 is 0 Å². The van der Waals surface area contributed by atoms with Gasteiger partial charge < -0.3 is 15.8 Å². The van der Waals surface area contributed by atoms with Crippen LogP contribution in [0.2, 0.25) is 0 Å². The predicted octanol–water partition coefficient (Wildman–Crippen LogP) is 0.635. The second-order valence-electron chi connectivity index (χ2n) is 3.55. The van der Waals surface area contributed by atoms with Crippen molar-refractivity contribution in [1.29, 1.82) is 0 Å². The first-order valence-corrected chi connectivity index (χ1v) is 5.52. The molecule has 0 amide bonds. The lowest BCUT2D eigenvalue weighted by Gasteiger charge is -2.10. The fourth-order valence-corrected chi connectivity index (χ4v) is 1.63. The summed E-state index contributed by atoms with van der Waals surface area (Å²) in [5.41, 5.74) is 6.92. The summed E-state index contributed by atoms with van der Waals surface area (Å²) in [4.78, 5) is 0. The lowest BCUT2D eigenvalue weighted by Crippen LogP contribution is -2.19. The minimum absolute atomic E-state index is 0.183. The summed E-state index contributed by atoms with van der Waals surface area (Å²) in [5, 5.41) is 14.3. The number of thiocarbonyl (C=S) groups is 1. The molecular formula is C10H12N6OS. The molecule has 7 nitrogen and oxygen atoms in total. The number of aryl methyl sites for hydroxylation is 1. The molecule has 2 rings (SSSR count). The Labute approximate surface area is 109 Å². The quantitative estimate of drug-likeness (QED) is 0.786. The summed E-state index contributed by atoms with van der Waals surface area (Å²) in [5.74, 6) is 1.32. The van der Waals surface area contributed by atoms with Crippen LogP contribution in [0.4, 0.5) is 5.69 Å². The molecule has 0 bridgehead atoms. The summed E-state index contributed by atoms with van der Waals surface area (Å²) in [6.45, 7) is 1.81. The number of rotatable bonds is 3. The van der Waals surface area contributed by atoms with Crippen LogP contribution in [-0.2, 0) is 0 Å². The highest BCUT2D eigenvalue weighted by Crippen LogP contribution is 2.23. The number of tetrazole rings is 1. The number of ether oxygens (including phenoxy) is 1. The predicted molar refractivity (Wildman–Crippen MR) is 70.9 cm³/mol. The number of benzene rings is 1. The van der Waals surface area contributed by atoms with E-state index in [4.69, 9.17) is 22.7 Å². The Kier molecular flexibility index (Phi) is 3.38. The van der Waals surface area contributed by atoms with Crippen molar-refractivity contribution in [3.05, 3.63) is 24.0 Å². The van der Waals surface area contributed by atoms with Crippen LogP contribution in [-0.4, -0.2) is 32.4 Å². The van der Waals surface area contributed by atoms with Crippen molar-refractivity contribution in [3.63, 3.8) is 0 Å². The van der Waals surface area contributed by atoms with Gasteiger partial charge in [-0.25, -0.2) is 0 Å². The summed E-state index contributed by atoms with van der Waals surface area (Å²) in [6, 6.07) is 5.42. The lowest BCUT2D eigenvalue weighted by atomic mass is 10.2. The molecule has 3 N–H and O–H groups in total. The normalized spacial score (nSPS) is 10.1. The number of anilines is 1. The van der Waals surface area contributed by atoms with Crippen molar-refractivity contribution in [3.8, 4) is 11.4 Å². The molecule has 0 aliphatic rings. The molecule has 0 fully saturated rings. The molecule has 0 aliphatic carbocycles. The standard InChI is InChI=1S/C10H12N6OS/c1-6-13-14-15-16(6)8-3-7(12-10(11)18)4-9(5-8)17-2/h3-5H,1-2H3,(H3,11,12,18). The summed E-state index contributed by atoms with van der Waals surface area (Å²) < 4.78 is 6.80. The SMILES string of the molecule is COc1cc(NC(N)=S)cc(-n2nnnc2C)c1. The number of hydrogen-bond acceptors (Lipinski definition) is 5. The van der Waals surface area contributed by atoms with Crippen LogP contribution in [0.5, 0.6) is 5.75 Å². The van der Waals surface area contributed by atoms with E-state index in [2.05, 4.69) is 20.8 Å². The number of aromatic nitrogens is 4. The zero-order valence-electron chi connectivity index (χ0n) is 9.91. The Bertz CT molecular complexity index is 581. The van der Waals surface area contributed by atoms with Crippen molar-refractivity contribution in [1.82, 2.24) is 20.2 Å². The summed E-state index contributed by atoms with van der Waals surface area (Å²) >= 11 is 4.80. The highest BCUT2D eigenvalue weighted by atomic mass is 32.1. The van der Waals surface area contributed by atoms with Crippen molar-refractivity contribution in [2.24, 2.45) is 5.73 Å². The lowest BCUT2D eigenvalue weighted by molar-refractivity contribution is 0.414. The van der Waals surface area contributed by atoms with Crippen molar-refractivity contribution >= 4 is 23.0 Å². The van der Waals surface area contributed by atoms with Crippen LogP contribution in [0, 0.1) is 6.92 Å². The third-order valence-corrected chi connectivity index (χ3v) is 2.37. The smallest absolute Gasteiger partial charge is 0.168 e. The van der Waals surface area contributed by atoms with Gasteiger partial charge in [0.1, 0.15) is 5.75 Å². The van der Waals surface area contributed by atoms with Gasteiger partial charge in [-0.3, -0.25) is 0 Å². The molecule has 2 aromatic rings. The fraction of sp³-hybridized carbons (Fsp3) is 0.200. The average molecular weight is 264 g/mol. The highest BCUT2D eigenvalue weighted by molar-refractivity contribution is 7.80. The second kappa shape index (κ2) is 4.96. The fourth-order valence-electron chi connectivity index (χ4n) is 1.51. The molecule has 0 radical (unpaired) electrons. The molecule has 0 aliphatic heterocycles. The third kappa shape index (κ3) is 2.54. The molecule has 1 aromatic carbocycles. The van der Waals surface area contributed by atoms with Gasteiger partial charge in [-0.15, -0.1) is 5.10 Å². The van der Waals surface area contributed by atoms with E-state index in [9.17, 15) is 0 Å². The average Bonchev–Trinajstić information content (AvgIpc) is 2.74. The maximum absolute atomic E-state index is 5.45. The maximum atomic E-state index is 5.45. The van der Waals surface area contributed by atoms with E-state index in [-0.39, 0.29) is 5.11 Å². The zero-order valence-corrected chi connectivity index (χ0v) is 10.7. The number of nitrogens with one attached hydrogen (secondary N) is 1. The molecular weight excluding hydrogens is 252 g/mol. The zero-order chi connectivity index (χ0) is 13.1. The van der Waals surface area contributed by atoms with E-state index in [0.717, 1.165) is 5.69 Å². The minimum atomic E-state index is 0.183. The Morgan fingerprint density at radius 2 is 2.22 bits per heavy atom. The van der Waals surface area contributed by atoms with Crippen molar-refractivity contribution < 1.29 is 4.74 Å². The molecule has 0 saturated carbocycles. The van der Waals surface area contributed by atoms with Gasteiger partial charge in [-0.2, -0.15) is 4.68 Å². The topological polar surface area (TPSA) is 90.9 Å². The minimum Gasteiger partial charge on any atom is -0.497 e. The molecule has 0 unspecified atom stereocenters. The molecule has 18 heavy (non-hydrogen) atoms. The first-order valence-electron chi connectivity index (χ1n) is 5.11. The van der Waals surface area contributed by atoms with E-state index in [1.807, 2.05) is 12.1 Å². The Hall–Kier alpha value is -2.22. The van der Waals surface area contributed by atoms with Crippen LogP contribution in [0.15, 0.2) is 18.2 Å². The Morgan fingerprint density at radius 1 is 1.44 bits per heavy atom. The van der Waals surface area contributed by atoms with Gasteiger partial charge >= 0.3 is 0 Å². The van der Waals surface area contributed by atoms with E-state index >= 15 is 0 Å². The third-order valence-electron chi connectivity index (χ3n) is 2.26. The Morgan fingerprint density at radius 3 is 2.78 bits per heavy atom. The van der Waals surface area contributed by atoms with E-state index in [1.165, 1.54) is 0 Å². The van der Waals surface area contributed by atoms with Crippen molar-refractivity contribution in [2.45, 2.75) is 6.92 Å². The largest absolute Gasteiger partial charge is 0.497 e. The number of methoxy groups -OCH3 is 1. The number of nitrogens with two attached hydrogens (primary N) is 1. The van der Waals surface area contributed by atoms with Gasteiger partial charge in [0.25, 0.3) is 0 Å². The number of hydrogen-bond donors (Lipinski definition) is 2. The molecule has 1 heterocycles. The summed E-state index contributed by atoms with van der Waals surface area (Å²) in [7, 11) is 1.58. The monoisotopic (exact) mass is 264 g/mol. The van der Waals surface area contributed by atoms with Gasteiger partial charge in [0.05, 0.1) is 12.8 Å². The first-order chi connectivity index (χ1) is 8.60. The van der Waals surface area contributed by atoms with Crippen LogP contribution < -0.4 is 15.8 Å². The molecule has 0 spiro atoms. The molecule has 1 aromatic heterocycles.